The number of anilines is 1. The lowest BCUT2D eigenvalue weighted by atomic mass is 10.1. The van der Waals surface area contributed by atoms with Crippen LogP contribution in [-0.4, -0.2) is 30.1 Å². The fourth-order valence-corrected chi connectivity index (χ4v) is 3.20. The highest BCUT2D eigenvalue weighted by atomic mass is 32.2. The summed E-state index contributed by atoms with van der Waals surface area (Å²) < 4.78 is 5.97. The van der Waals surface area contributed by atoms with E-state index in [1.165, 1.54) is 4.90 Å². The van der Waals surface area contributed by atoms with E-state index >= 15 is 0 Å². The monoisotopic (exact) mass is 406 g/mol. The molecule has 3 aromatic rings. The van der Waals surface area contributed by atoms with Crippen molar-refractivity contribution in [2.45, 2.75) is 11.0 Å². The van der Waals surface area contributed by atoms with E-state index in [-0.39, 0.29) is 11.1 Å². The molecule has 0 aliphatic carbocycles. The van der Waals surface area contributed by atoms with Crippen LogP contribution in [0.4, 0.5) is 10.5 Å². The minimum atomic E-state index is -0.789. The molecule has 29 heavy (non-hydrogen) atoms. The van der Waals surface area contributed by atoms with E-state index < -0.39 is 6.10 Å². The van der Waals surface area contributed by atoms with Gasteiger partial charge in [0.05, 0.1) is 0 Å². The topological polar surface area (TPSA) is 58.6 Å². The summed E-state index contributed by atoms with van der Waals surface area (Å²) in [6, 6.07) is 25.8. The molecule has 0 heterocycles. The zero-order valence-corrected chi connectivity index (χ0v) is 17.1. The van der Waals surface area contributed by atoms with Gasteiger partial charge in [0.1, 0.15) is 5.75 Å². The number of carbonyl (C=O) groups is 2. The van der Waals surface area contributed by atoms with E-state index in [1.54, 1.807) is 38.4 Å². The maximum absolute atomic E-state index is 13.0. The van der Waals surface area contributed by atoms with E-state index in [4.69, 9.17) is 4.74 Å². The van der Waals surface area contributed by atoms with Crippen molar-refractivity contribution in [1.29, 1.82) is 0 Å². The third kappa shape index (κ3) is 5.86. The lowest BCUT2D eigenvalue weighted by Crippen LogP contribution is -2.25. The van der Waals surface area contributed by atoms with Crippen LogP contribution in [0.2, 0.25) is 0 Å². The molecule has 2 amide bonds. The van der Waals surface area contributed by atoms with Crippen molar-refractivity contribution >= 4 is 28.6 Å². The molecular weight excluding hydrogens is 384 g/mol. The molecule has 0 spiro atoms. The fourth-order valence-electron chi connectivity index (χ4n) is 2.54. The van der Waals surface area contributed by atoms with Crippen molar-refractivity contribution < 1.29 is 14.3 Å². The number of ether oxygens (including phenoxy) is 1. The number of carbonyl (C=O) groups excluding carboxylic acids is 2. The summed E-state index contributed by atoms with van der Waals surface area (Å²) in [5.41, 5.74) is 1.40. The molecule has 5 nitrogen and oxygen atoms in total. The van der Waals surface area contributed by atoms with Crippen LogP contribution in [0, 0.1) is 0 Å². The van der Waals surface area contributed by atoms with Gasteiger partial charge in [-0.25, -0.2) is 0 Å². The summed E-state index contributed by atoms with van der Waals surface area (Å²) in [6.07, 6.45) is -0.789. The van der Waals surface area contributed by atoms with E-state index in [0.29, 0.717) is 11.4 Å². The molecule has 0 aliphatic heterocycles. The predicted molar refractivity (Wildman–Crippen MR) is 116 cm³/mol. The van der Waals surface area contributed by atoms with Gasteiger partial charge in [0.2, 0.25) is 6.10 Å². The highest BCUT2D eigenvalue weighted by Crippen LogP contribution is 2.25. The third-order valence-corrected chi connectivity index (χ3v) is 5.08. The van der Waals surface area contributed by atoms with Crippen LogP contribution in [-0.2, 0) is 4.79 Å². The molecule has 0 saturated heterocycles. The predicted octanol–water partition coefficient (Wildman–Crippen LogP) is 5.22. The van der Waals surface area contributed by atoms with Gasteiger partial charge in [-0.2, -0.15) is 0 Å². The highest BCUT2D eigenvalue weighted by molar-refractivity contribution is 8.13. The van der Waals surface area contributed by atoms with E-state index in [9.17, 15) is 9.59 Å². The van der Waals surface area contributed by atoms with Crippen LogP contribution < -0.4 is 10.1 Å². The molecule has 0 radical (unpaired) electrons. The summed E-state index contributed by atoms with van der Waals surface area (Å²) >= 11 is 1.13. The zero-order chi connectivity index (χ0) is 20.6. The number of benzene rings is 3. The SMILES string of the molecule is CN(C)C(=O)Sc1ccc(NC(=O)C(Oc2ccccc2)c2ccccc2)cc1. The standard InChI is InChI=1S/C23H22N2O3S/c1-25(2)23(27)29-20-15-13-18(14-16-20)24-22(26)21(17-9-5-3-6-10-17)28-19-11-7-4-8-12-19/h3-16,21H,1-2H3,(H,24,26). The van der Waals surface area contributed by atoms with Crippen molar-refractivity contribution in [1.82, 2.24) is 4.90 Å². The number of rotatable bonds is 6. The Morgan fingerprint density at radius 1 is 0.862 bits per heavy atom. The number of hydrogen-bond donors (Lipinski definition) is 1. The first-order valence-corrected chi connectivity index (χ1v) is 9.91. The summed E-state index contributed by atoms with van der Waals surface area (Å²) in [5, 5.41) is 2.84. The van der Waals surface area contributed by atoms with Crippen LogP contribution in [0.25, 0.3) is 0 Å². The van der Waals surface area contributed by atoms with Crippen LogP contribution in [0.15, 0.2) is 89.8 Å². The molecule has 0 aromatic heterocycles. The van der Waals surface area contributed by atoms with Gasteiger partial charge in [-0.3, -0.25) is 9.59 Å². The Morgan fingerprint density at radius 2 is 1.45 bits per heavy atom. The van der Waals surface area contributed by atoms with Crippen LogP contribution in [0.3, 0.4) is 0 Å². The van der Waals surface area contributed by atoms with Gasteiger partial charge >= 0.3 is 0 Å². The summed E-state index contributed by atoms with van der Waals surface area (Å²) in [4.78, 5) is 27.1. The lowest BCUT2D eigenvalue weighted by molar-refractivity contribution is -0.123. The van der Waals surface area contributed by atoms with E-state index in [2.05, 4.69) is 5.32 Å². The Bertz CT molecular complexity index is 945. The second kappa shape index (κ2) is 9.80. The minimum absolute atomic E-state index is 0.0535. The molecule has 1 unspecified atom stereocenters. The molecule has 6 heteroatoms. The zero-order valence-electron chi connectivity index (χ0n) is 16.2. The van der Waals surface area contributed by atoms with Gasteiger partial charge in [0, 0.05) is 30.2 Å². The second-order valence-corrected chi connectivity index (χ2v) is 7.52. The quantitative estimate of drug-likeness (QED) is 0.570. The summed E-state index contributed by atoms with van der Waals surface area (Å²) in [6.45, 7) is 0. The third-order valence-electron chi connectivity index (χ3n) is 4.03. The maximum atomic E-state index is 13.0. The van der Waals surface area contributed by atoms with Gasteiger partial charge in [0.25, 0.3) is 11.1 Å². The Hall–Kier alpha value is -3.25. The highest BCUT2D eigenvalue weighted by Gasteiger charge is 2.23. The van der Waals surface area contributed by atoms with Crippen molar-refractivity contribution in [3.8, 4) is 5.75 Å². The molecule has 148 valence electrons. The second-order valence-electron chi connectivity index (χ2n) is 6.50. The molecular formula is C23H22N2O3S. The fraction of sp³-hybridized carbons (Fsp3) is 0.130. The normalized spacial score (nSPS) is 11.4. The first-order valence-electron chi connectivity index (χ1n) is 9.09. The van der Waals surface area contributed by atoms with Gasteiger partial charge in [-0.05, 0) is 48.2 Å². The van der Waals surface area contributed by atoms with Crippen LogP contribution >= 0.6 is 11.8 Å². The van der Waals surface area contributed by atoms with Gasteiger partial charge in [0.15, 0.2) is 0 Å². The molecule has 1 N–H and O–H groups in total. The van der Waals surface area contributed by atoms with Crippen LogP contribution in [0.1, 0.15) is 11.7 Å². The Balaban J connectivity index is 1.73. The molecule has 0 bridgehead atoms. The largest absolute Gasteiger partial charge is 0.476 e. The maximum Gasteiger partial charge on any atom is 0.285 e. The average Bonchev–Trinajstić information content (AvgIpc) is 2.74. The smallest absolute Gasteiger partial charge is 0.285 e. The van der Waals surface area contributed by atoms with Crippen molar-refractivity contribution in [2.75, 3.05) is 19.4 Å². The van der Waals surface area contributed by atoms with Gasteiger partial charge in [-0.1, -0.05) is 48.5 Å². The minimum Gasteiger partial charge on any atom is -0.476 e. The number of nitrogens with one attached hydrogen (secondary N) is 1. The number of amides is 2. The number of hydrogen-bond acceptors (Lipinski definition) is 4. The molecule has 0 aliphatic rings. The number of thioether (sulfide) groups is 1. The van der Waals surface area contributed by atoms with Crippen molar-refractivity contribution in [2.24, 2.45) is 0 Å². The first kappa shape index (κ1) is 20.5. The molecule has 0 saturated carbocycles. The van der Waals surface area contributed by atoms with Crippen molar-refractivity contribution in [3.63, 3.8) is 0 Å². The Labute approximate surface area is 174 Å². The van der Waals surface area contributed by atoms with Gasteiger partial charge < -0.3 is 15.0 Å². The van der Waals surface area contributed by atoms with E-state index in [0.717, 1.165) is 22.2 Å². The number of nitrogens with zero attached hydrogens (tertiary/aromatic N) is 1. The molecule has 0 fully saturated rings. The van der Waals surface area contributed by atoms with E-state index in [1.807, 2.05) is 60.7 Å². The average molecular weight is 407 g/mol. The molecule has 3 aromatic carbocycles. The van der Waals surface area contributed by atoms with Crippen LogP contribution in [0.5, 0.6) is 5.75 Å². The molecule has 1 atom stereocenters. The lowest BCUT2D eigenvalue weighted by Gasteiger charge is -2.19. The van der Waals surface area contributed by atoms with Gasteiger partial charge in [-0.15, -0.1) is 0 Å². The Morgan fingerprint density at radius 3 is 2.03 bits per heavy atom. The first-order chi connectivity index (χ1) is 14.0. The summed E-state index contributed by atoms with van der Waals surface area (Å²) in [5.74, 6) is 0.343. The molecule has 3 rings (SSSR count). The summed E-state index contributed by atoms with van der Waals surface area (Å²) in [7, 11) is 3.42. The Kier molecular flexibility index (Phi) is 6.92. The van der Waals surface area contributed by atoms with Crippen molar-refractivity contribution in [3.05, 3.63) is 90.5 Å². The number of para-hydroxylation sites is 1.